The smallest absolute Gasteiger partial charge is 0.416 e. The summed E-state index contributed by atoms with van der Waals surface area (Å²) in [5.41, 5.74) is 0.689. The number of nitrogens with one attached hydrogen (secondary N) is 1. The molecule has 0 aromatic heterocycles. The van der Waals surface area contributed by atoms with Gasteiger partial charge in [-0.25, -0.2) is 0 Å². The number of thioether (sulfide) groups is 1. The third kappa shape index (κ3) is 3.99. The Balaban J connectivity index is 1.71. The van der Waals surface area contributed by atoms with E-state index in [2.05, 4.69) is 11.9 Å². The maximum absolute atomic E-state index is 12.8. The number of carbonyl (C=O) groups excluding carboxylic acids is 1. The summed E-state index contributed by atoms with van der Waals surface area (Å²) in [6.07, 6.45) is -4.42. The molecule has 1 aliphatic heterocycles. The molecule has 25 heavy (non-hydrogen) atoms. The third-order valence-electron chi connectivity index (χ3n) is 3.60. The first kappa shape index (κ1) is 17.4. The second kappa shape index (κ2) is 6.84. The Bertz CT molecular complexity index is 806. The van der Waals surface area contributed by atoms with E-state index in [9.17, 15) is 18.0 Å². The fourth-order valence-electron chi connectivity index (χ4n) is 2.34. The molecule has 0 spiro atoms. The van der Waals surface area contributed by atoms with Gasteiger partial charge in [0.05, 0.1) is 11.3 Å². The minimum absolute atomic E-state index is 0.129. The molecule has 3 nitrogen and oxygen atoms in total. The Morgan fingerprint density at radius 2 is 1.92 bits per heavy atom. The largest absolute Gasteiger partial charge is 0.460 e. The monoisotopic (exact) mass is 365 g/mol. The molecule has 0 bridgehead atoms. The Morgan fingerprint density at radius 3 is 2.60 bits per heavy atom. The molecule has 0 fully saturated rings. The van der Waals surface area contributed by atoms with Crippen molar-refractivity contribution in [3.8, 4) is 0 Å². The number of hydrogen-bond donors (Lipinski definition) is 1. The molecule has 1 N–H and O–H groups in total. The van der Waals surface area contributed by atoms with E-state index in [1.54, 1.807) is 0 Å². The maximum Gasteiger partial charge on any atom is 0.416 e. The zero-order chi connectivity index (χ0) is 18.0. The summed E-state index contributed by atoms with van der Waals surface area (Å²) in [5, 5.41) is 2.07. The number of hydrogen-bond acceptors (Lipinski definition) is 4. The summed E-state index contributed by atoms with van der Waals surface area (Å²) in [6, 6.07) is 12.6. The van der Waals surface area contributed by atoms with Crippen molar-refractivity contribution >= 4 is 23.4 Å². The molecular formula is C18H14F3NO2S. The average molecular weight is 365 g/mol. The molecular weight excluding hydrogens is 351 g/mol. The number of rotatable bonds is 3. The molecule has 1 atom stereocenters. The number of ether oxygens (including phenoxy) is 1. The van der Waals surface area contributed by atoms with Crippen molar-refractivity contribution in [3.05, 3.63) is 71.9 Å². The van der Waals surface area contributed by atoms with Gasteiger partial charge in [-0.1, -0.05) is 36.9 Å². The van der Waals surface area contributed by atoms with Crippen LogP contribution in [-0.2, 0) is 22.3 Å². The Morgan fingerprint density at radius 1 is 1.20 bits per heavy atom. The van der Waals surface area contributed by atoms with Crippen molar-refractivity contribution in [2.45, 2.75) is 22.9 Å². The molecule has 2 aromatic rings. The Hall–Kier alpha value is -2.41. The number of alkyl halides is 3. The molecule has 0 radical (unpaired) electrons. The highest BCUT2D eigenvalue weighted by Gasteiger charge is 2.34. The summed E-state index contributed by atoms with van der Waals surface area (Å²) < 4.78 is 43.7. The van der Waals surface area contributed by atoms with E-state index in [1.165, 1.54) is 6.07 Å². The number of esters is 1. The SMILES string of the molecule is C=C1Nc2cc(C(F)(F)F)ccc2SC1C(=O)OCc1ccccc1. The van der Waals surface area contributed by atoms with E-state index in [0.717, 1.165) is 29.5 Å². The van der Waals surface area contributed by atoms with Gasteiger partial charge >= 0.3 is 12.1 Å². The van der Waals surface area contributed by atoms with Crippen LogP contribution in [0.15, 0.2) is 65.7 Å². The lowest BCUT2D eigenvalue weighted by Crippen LogP contribution is -2.28. The minimum atomic E-state index is -4.42. The maximum atomic E-state index is 12.8. The van der Waals surface area contributed by atoms with E-state index in [-0.39, 0.29) is 12.3 Å². The Labute approximate surface area is 146 Å². The topological polar surface area (TPSA) is 38.3 Å². The number of carbonyl (C=O) groups is 1. The number of anilines is 1. The van der Waals surface area contributed by atoms with Crippen LogP contribution in [0.2, 0.25) is 0 Å². The molecule has 1 aliphatic rings. The minimum Gasteiger partial charge on any atom is -0.460 e. The molecule has 0 saturated carbocycles. The summed E-state index contributed by atoms with van der Waals surface area (Å²) in [6.45, 7) is 3.88. The zero-order valence-corrected chi connectivity index (χ0v) is 13.8. The highest BCUT2D eigenvalue weighted by Crippen LogP contribution is 2.42. The van der Waals surface area contributed by atoms with Gasteiger partial charge < -0.3 is 10.1 Å². The van der Waals surface area contributed by atoms with E-state index < -0.39 is 23.0 Å². The van der Waals surface area contributed by atoms with Crippen LogP contribution in [0, 0.1) is 0 Å². The van der Waals surface area contributed by atoms with Gasteiger partial charge in [-0.15, -0.1) is 11.8 Å². The highest BCUT2D eigenvalue weighted by molar-refractivity contribution is 8.01. The van der Waals surface area contributed by atoms with Gasteiger partial charge in [-0.05, 0) is 23.8 Å². The van der Waals surface area contributed by atoms with Crippen LogP contribution in [0.1, 0.15) is 11.1 Å². The molecule has 130 valence electrons. The summed E-state index contributed by atoms with van der Waals surface area (Å²) >= 11 is 1.12. The molecule has 0 saturated heterocycles. The molecule has 2 aromatic carbocycles. The first-order chi connectivity index (χ1) is 11.8. The first-order valence-corrected chi connectivity index (χ1v) is 8.27. The quantitative estimate of drug-likeness (QED) is 0.790. The lowest BCUT2D eigenvalue weighted by atomic mass is 10.1. The fourth-order valence-corrected chi connectivity index (χ4v) is 3.34. The van der Waals surface area contributed by atoms with Gasteiger partial charge in [0.2, 0.25) is 0 Å². The molecule has 1 unspecified atom stereocenters. The molecule has 1 heterocycles. The molecule has 7 heteroatoms. The number of fused-ring (bicyclic) bond motifs is 1. The van der Waals surface area contributed by atoms with Crippen molar-refractivity contribution in [1.82, 2.24) is 0 Å². The second-order valence-electron chi connectivity index (χ2n) is 5.45. The Kier molecular flexibility index (Phi) is 4.76. The van der Waals surface area contributed by atoms with Gasteiger partial charge in [-0.2, -0.15) is 13.2 Å². The summed E-state index contributed by atoms with van der Waals surface area (Å²) in [4.78, 5) is 12.8. The summed E-state index contributed by atoms with van der Waals surface area (Å²) in [7, 11) is 0. The molecule has 3 rings (SSSR count). The van der Waals surface area contributed by atoms with E-state index >= 15 is 0 Å². The van der Waals surface area contributed by atoms with Crippen LogP contribution in [-0.4, -0.2) is 11.2 Å². The number of halogens is 3. The first-order valence-electron chi connectivity index (χ1n) is 7.39. The average Bonchev–Trinajstić information content (AvgIpc) is 2.58. The second-order valence-corrected chi connectivity index (χ2v) is 6.60. The number of benzene rings is 2. The van der Waals surface area contributed by atoms with Gasteiger partial charge in [0.1, 0.15) is 11.9 Å². The van der Waals surface area contributed by atoms with Crippen molar-refractivity contribution in [3.63, 3.8) is 0 Å². The van der Waals surface area contributed by atoms with Gasteiger partial charge in [0.15, 0.2) is 0 Å². The lowest BCUT2D eigenvalue weighted by Gasteiger charge is -2.27. The zero-order valence-electron chi connectivity index (χ0n) is 13.0. The van der Waals surface area contributed by atoms with E-state index in [1.807, 2.05) is 30.3 Å². The summed E-state index contributed by atoms with van der Waals surface area (Å²) in [5.74, 6) is -0.489. The van der Waals surface area contributed by atoms with Gasteiger partial charge in [0, 0.05) is 10.6 Å². The molecule has 0 amide bonds. The van der Waals surface area contributed by atoms with Crippen molar-refractivity contribution < 1.29 is 22.7 Å². The van der Waals surface area contributed by atoms with Crippen LogP contribution >= 0.6 is 11.8 Å². The van der Waals surface area contributed by atoms with Crippen molar-refractivity contribution in [2.24, 2.45) is 0 Å². The van der Waals surface area contributed by atoms with E-state index in [0.29, 0.717) is 10.6 Å². The fraction of sp³-hybridized carbons (Fsp3) is 0.167. The van der Waals surface area contributed by atoms with Crippen molar-refractivity contribution in [1.29, 1.82) is 0 Å². The van der Waals surface area contributed by atoms with Crippen molar-refractivity contribution in [2.75, 3.05) is 5.32 Å². The predicted molar refractivity (Wildman–Crippen MR) is 90.1 cm³/mol. The molecule has 0 aliphatic carbocycles. The van der Waals surface area contributed by atoms with Crippen LogP contribution in [0.3, 0.4) is 0 Å². The normalized spacial score (nSPS) is 16.8. The van der Waals surface area contributed by atoms with Crippen LogP contribution in [0.25, 0.3) is 0 Å². The predicted octanol–water partition coefficient (Wildman–Crippen LogP) is 4.85. The standard InChI is InChI=1S/C18H14F3NO2S/c1-11-16(17(23)24-10-12-5-3-2-4-6-12)25-15-8-7-13(18(19,20)21)9-14(15)22-11/h2-9,16,22H,1,10H2. The highest BCUT2D eigenvalue weighted by atomic mass is 32.2. The van der Waals surface area contributed by atoms with Gasteiger partial charge in [-0.3, -0.25) is 4.79 Å². The van der Waals surface area contributed by atoms with Gasteiger partial charge in [0.25, 0.3) is 0 Å². The van der Waals surface area contributed by atoms with Crippen LogP contribution in [0.5, 0.6) is 0 Å². The van der Waals surface area contributed by atoms with Crippen LogP contribution in [0.4, 0.5) is 18.9 Å². The third-order valence-corrected chi connectivity index (χ3v) is 4.92. The lowest BCUT2D eigenvalue weighted by molar-refractivity contribution is -0.143. The van der Waals surface area contributed by atoms with E-state index in [4.69, 9.17) is 4.74 Å². The van der Waals surface area contributed by atoms with Crippen LogP contribution < -0.4 is 5.32 Å².